The molecule has 0 aliphatic carbocycles. The Morgan fingerprint density at radius 2 is 2.11 bits per heavy atom. The van der Waals surface area contributed by atoms with Gasteiger partial charge in [0.1, 0.15) is 23.9 Å². The van der Waals surface area contributed by atoms with Crippen LogP contribution in [0.25, 0.3) is 6.08 Å². The number of phenolic OH excluding ortho intramolecular Hbond substituents is 1. The lowest BCUT2D eigenvalue weighted by molar-refractivity contribution is -0.126. The second-order valence-corrected chi connectivity index (χ2v) is 6.71. The van der Waals surface area contributed by atoms with Crippen LogP contribution in [0.3, 0.4) is 0 Å². The second kappa shape index (κ2) is 8.39. The Morgan fingerprint density at radius 1 is 1.30 bits per heavy atom. The number of alkyl halides is 2. The number of phenols is 1. The summed E-state index contributed by atoms with van der Waals surface area (Å²) < 4.78 is 35.8. The van der Waals surface area contributed by atoms with Gasteiger partial charge >= 0.3 is 6.61 Å². The van der Waals surface area contributed by atoms with Crippen molar-refractivity contribution in [3.05, 3.63) is 58.1 Å². The van der Waals surface area contributed by atoms with Crippen LogP contribution >= 0.6 is 15.9 Å². The van der Waals surface area contributed by atoms with E-state index < -0.39 is 6.61 Å². The third-order valence-corrected chi connectivity index (χ3v) is 4.43. The van der Waals surface area contributed by atoms with Crippen LogP contribution in [0.5, 0.6) is 17.2 Å². The molecular weight excluding hydrogens is 424 g/mol. The third-order valence-electron chi connectivity index (χ3n) is 3.94. The smallest absolute Gasteiger partial charge is 0.387 e. The molecule has 2 aromatic carbocycles. The number of carbonyl (C=O) groups excluding carboxylic acids is 1. The summed E-state index contributed by atoms with van der Waals surface area (Å²) in [6.45, 7) is -1.99. The summed E-state index contributed by atoms with van der Waals surface area (Å²) in [4.78, 5) is 14.1. The Hall–Kier alpha value is -2.61. The molecule has 0 bridgehead atoms. The first kappa shape index (κ1) is 19.2. The highest BCUT2D eigenvalue weighted by Crippen LogP contribution is 2.28. The van der Waals surface area contributed by atoms with Crippen molar-refractivity contribution in [3.63, 3.8) is 0 Å². The van der Waals surface area contributed by atoms with Gasteiger partial charge in [0.05, 0.1) is 6.54 Å². The standard InChI is InChI=1S/C19H16BrF2NO4/c20-14-3-5-16(27-19(21)22)12(9-14)2-6-18(25)23-7-8-26-17-10-15(24)4-1-13(17)11-23/h1-6,9-10,19,24H,7-8,11H2/b6-2+. The van der Waals surface area contributed by atoms with Gasteiger partial charge in [-0.1, -0.05) is 15.9 Å². The first-order chi connectivity index (χ1) is 12.9. The number of aromatic hydroxyl groups is 1. The fourth-order valence-electron chi connectivity index (χ4n) is 2.67. The molecule has 3 rings (SSSR count). The van der Waals surface area contributed by atoms with Gasteiger partial charge in [-0.25, -0.2) is 0 Å². The molecule has 8 heteroatoms. The van der Waals surface area contributed by atoms with Crippen LogP contribution in [0, 0.1) is 0 Å². The molecule has 0 saturated carbocycles. The van der Waals surface area contributed by atoms with E-state index in [1.165, 1.54) is 30.4 Å². The second-order valence-electron chi connectivity index (χ2n) is 5.79. The minimum Gasteiger partial charge on any atom is -0.508 e. The fraction of sp³-hybridized carbons (Fsp3) is 0.211. The first-order valence-electron chi connectivity index (χ1n) is 8.08. The summed E-state index contributed by atoms with van der Waals surface area (Å²) >= 11 is 3.27. The zero-order valence-corrected chi connectivity index (χ0v) is 15.7. The molecule has 0 spiro atoms. The van der Waals surface area contributed by atoms with Gasteiger partial charge in [0.2, 0.25) is 5.91 Å². The summed E-state index contributed by atoms with van der Waals surface area (Å²) in [7, 11) is 0. The number of carbonyl (C=O) groups is 1. The Kier molecular flexibility index (Phi) is 5.95. The molecule has 1 aliphatic rings. The summed E-state index contributed by atoms with van der Waals surface area (Å²) in [5.41, 5.74) is 1.13. The van der Waals surface area contributed by atoms with Gasteiger partial charge in [-0.05, 0) is 36.4 Å². The van der Waals surface area contributed by atoms with E-state index in [4.69, 9.17) is 4.74 Å². The van der Waals surface area contributed by atoms with Crippen molar-refractivity contribution in [2.75, 3.05) is 13.2 Å². The zero-order valence-electron chi connectivity index (χ0n) is 14.1. The maximum absolute atomic E-state index is 12.6. The van der Waals surface area contributed by atoms with Crippen LogP contribution < -0.4 is 9.47 Å². The predicted molar refractivity (Wildman–Crippen MR) is 98.8 cm³/mol. The topological polar surface area (TPSA) is 59.0 Å². The van der Waals surface area contributed by atoms with Crippen molar-refractivity contribution < 1.29 is 28.2 Å². The van der Waals surface area contributed by atoms with E-state index in [2.05, 4.69) is 20.7 Å². The lowest BCUT2D eigenvalue weighted by Gasteiger charge is -2.18. The molecule has 142 valence electrons. The molecule has 27 heavy (non-hydrogen) atoms. The van der Waals surface area contributed by atoms with E-state index in [0.717, 1.165) is 5.56 Å². The van der Waals surface area contributed by atoms with Crippen LogP contribution in [0.4, 0.5) is 8.78 Å². The number of rotatable bonds is 4. The van der Waals surface area contributed by atoms with Gasteiger partial charge in [-0.2, -0.15) is 8.78 Å². The van der Waals surface area contributed by atoms with Crippen molar-refractivity contribution in [1.29, 1.82) is 0 Å². The predicted octanol–water partition coefficient (Wildman–Crippen LogP) is 4.19. The van der Waals surface area contributed by atoms with Crippen molar-refractivity contribution in [2.45, 2.75) is 13.2 Å². The van der Waals surface area contributed by atoms with Gasteiger partial charge < -0.3 is 19.5 Å². The van der Waals surface area contributed by atoms with Crippen LogP contribution in [0.2, 0.25) is 0 Å². The molecule has 5 nitrogen and oxygen atoms in total. The van der Waals surface area contributed by atoms with Crippen LogP contribution in [0.15, 0.2) is 46.9 Å². The lowest BCUT2D eigenvalue weighted by atomic mass is 10.1. The molecule has 1 aliphatic heterocycles. The van der Waals surface area contributed by atoms with Crippen molar-refractivity contribution in [1.82, 2.24) is 4.90 Å². The molecular formula is C19H16BrF2NO4. The quantitative estimate of drug-likeness (QED) is 0.725. The molecule has 0 aromatic heterocycles. The molecule has 0 saturated heterocycles. The first-order valence-corrected chi connectivity index (χ1v) is 8.88. The normalized spacial score (nSPS) is 14.0. The highest BCUT2D eigenvalue weighted by molar-refractivity contribution is 9.10. The van der Waals surface area contributed by atoms with Gasteiger partial charge in [0.15, 0.2) is 0 Å². The molecule has 1 N–H and O–H groups in total. The van der Waals surface area contributed by atoms with E-state index in [-0.39, 0.29) is 24.0 Å². The summed E-state index contributed by atoms with van der Waals surface area (Å²) in [5.74, 6) is 0.322. The Morgan fingerprint density at radius 3 is 2.89 bits per heavy atom. The number of amides is 1. The average molecular weight is 440 g/mol. The third kappa shape index (κ3) is 4.97. The van der Waals surface area contributed by atoms with E-state index in [9.17, 15) is 18.7 Å². The van der Waals surface area contributed by atoms with Gasteiger partial charge in [0, 0.05) is 34.3 Å². The number of hydrogen-bond donors (Lipinski definition) is 1. The monoisotopic (exact) mass is 439 g/mol. The molecule has 2 aromatic rings. The van der Waals surface area contributed by atoms with E-state index in [1.807, 2.05) is 0 Å². The summed E-state index contributed by atoms with van der Waals surface area (Å²) in [5, 5.41) is 9.54. The summed E-state index contributed by atoms with van der Waals surface area (Å²) in [6, 6.07) is 9.31. The largest absolute Gasteiger partial charge is 0.508 e. The Labute approximate surface area is 162 Å². The van der Waals surface area contributed by atoms with Gasteiger partial charge in [-0.3, -0.25) is 4.79 Å². The van der Waals surface area contributed by atoms with Crippen LogP contribution in [0.1, 0.15) is 11.1 Å². The maximum atomic E-state index is 12.6. The minimum absolute atomic E-state index is 0.0164. The minimum atomic E-state index is -2.95. The molecule has 1 heterocycles. The van der Waals surface area contributed by atoms with Crippen molar-refractivity contribution in [2.24, 2.45) is 0 Å². The molecule has 0 radical (unpaired) electrons. The maximum Gasteiger partial charge on any atom is 0.387 e. The number of ether oxygens (including phenoxy) is 2. The highest BCUT2D eigenvalue weighted by atomic mass is 79.9. The number of hydrogen-bond acceptors (Lipinski definition) is 4. The highest BCUT2D eigenvalue weighted by Gasteiger charge is 2.19. The molecule has 0 fully saturated rings. The fourth-order valence-corrected chi connectivity index (χ4v) is 3.04. The van der Waals surface area contributed by atoms with E-state index in [0.29, 0.717) is 28.9 Å². The SMILES string of the molecule is O=C(/C=C/c1cc(Br)ccc1OC(F)F)N1CCOc2cc(O)ccc2C1. The zero-order chi connectivity index (χ0) is 19.4. The molecule has 1 amide bonds. The summed E-state index contributed by atoms with van der Waals surface area (Å²) in [6.07, 6.45) is 2.75. The van der Waals surface area contributed by atoms with E-state index in [1.54, 1.807) is 23.1 Å². The van der Waals surface area contributed by atoms with Crippen molar-refractivity contribution in [3.8, 4) is 17.2 Å². The van der Waals surface area contributed by atoms with Crippen LogP contribution in [-0.2, 0) is 11.3 Å². The number of fused-ring (bicyclic) bond motifs is 1. The van der Waals surface area contributed by atoms with Crippen molar-refractivity contribution >= 4 is 27.9 Å². The lowest BCUT2D eigenvalue weighted by Crippen LogP contribution is -2.30. The molecule has 0 unspecified atom stereocenters. The Bertz CT molecular complexity index is 873. The van der Waals surface area contributed by atoms with E-state index >= 15 is 0 Å². The Balaban J connectivity index is 1.77. The number of benzene rings is 2. The number of halogens is 3. The van der Waals surface area contributed by atoms with Crippen LogP contribution in [-0.4, -0.2) is 35.7 Å². The van der Waals surface area contributed by atoms with Gasteiger partial charge in [-0.15, -0.1) is 0 Å². The number of nitrogens with zero attached hydrogens (tertiary/aromatic N) is 1. The van der Waals surface area contributed by atoms with Gasteiger partial charge in [0.25, 0.3) is 0 Å². The average Bonchev–Trinajstić information content (AvgIpc) is 2.83. The molecule has 0 atom stereocenters.